The van der Waals surface area contributed by atoms with Crippen LogP contribution in [0.5, 0.6) is 11.5 Å². The summed E-state index contributed by atoms with van der Waals surface area (Å²) in [4.78, 5) is 12.2. The lowest BCUT2D eigenvalue weighted by atomic mass is 9.78. The number of amides is 1. The van der Waals surface area contributed by atoms with Gasteiger partial charge in [-0.05, 0) is 37.3 Å². The van der Waals surface area contributed by atoms with E-state index in [9.17, 15) is 4.79 Å². The van der Waals surface area contributed by atoms with Crippen molar-refractivity contribution in [3.63, 3.8) is 0 Å². The van der Waals surface area contributed by atoms with Gasteiger partial charge in [0.15, 0.2) is 18.1 Å². The number of benzene rings is 1. The van der Waals surface area contributed by atoms with Crippen molar-refractivity contribution in [2.75, 3.05) is 13.2 Å². The predicted molar refractivity (Wildman–Crippen MR) is 91.9 cm³/mol. The Morgan fingerprint density at radius 2 is 2.08 bits per heavy atom. The molecule has 1 fully saturated rings. The number of nitrogens with zero attached hydrogens (tertiary/aromatic N) is 1. The Labute approximate surface area is 144 Å². The minimum Gasteiger partial charge on any atom is -0.490 e. The number of ether oxygens (including phenoxy) is 2. The Bertz CT molecular complexity index is 609. The van der Waals surface area contributed by atoms with Crippen LogP contribution in [0.2, 0.25) is 0 Å². The number of rotatable bonds is 6. The summed E-state index contributed by atoms with van der Waals surface area (Å²) in [6.45, 7) is 6.72. The van der Waals surface area contributed by atoms with Crippen LogP contribution in [0.3, 0.4) is 0 Å². The SMILES string of the molecule is CCOc1cc(C#N)ccc1OCC(=O)N[C@@H]1CCC[C@H](C)[C@@H]1C. The third-order valence-corrected chi connectivity index (χ3v) is 4.78. The van der Waals surface area contributed by atoms with E-state index in [0.29, 0.717) is 35.5 Å². The Morgan fingerprint density at radius 3 is 2.79 bits per heavy atom. The molecule has 0 bridgehead atoms. The van der Waals surface area contributed by atoms with Crippen LogP contribution in [0.4, 0.5) is 0 Å². The van der Waals surface area contributed by atoms with E-state index in [1.54, 1.807) is 18.2 Å². The van der Waals surface area contributed by atoms with Crippen molar-refractivity contribution in [3.05, 3.63) is 23.8 Å². The van der Waals surface area contributed by atoms with E-state index in [4.69, 9.17) is 14.7 Å². The summed E-state index contributed by atoms with van der Waals surface area (Å²) in [5, 5.41) is 12.0. The smallest absolute Gasteiger partial charge is 0.258 e. The average Bonchev–Trinajstić information content (AvgIpc) is 2.58. The van der Waals surface area contributed by atoms with Gasteiger partial charge in [-0.25, -0.2) is 0 Å². The normalized spacial score (nSPS) is 23.2. The molecule has 1 aromatic carbocycles. The molecule has 1 saturated carbocycles. The van der Waals surface area contributed by atoms with Crippen LogP contribution >= 0.6 is 0 Å². The lowest BCUT2D eigenvalue weighted by molar-refractivity contribution is -0.124. The van der Waals surface area contributed by atoms with Crippen molar-refractivity contribution in [3.8, 4) is 17.6 Å². The largest absolute Gasteiger partial charge is 0.490 e. The van der Waals surface area contributed by atoms with Crippen LogP contribution in [0.25, 0.3) is 0 Å². The quantitative estimate of drug-likeness (QED) is 0.869. The number of nitriles is 1. The Balaban J connectivity index is 1.93. The topological polar surface area (TPSA) is 71.3 Å². The number of hydrogen-bond donors (Lipinski definition) is 1. The predicted octanol–water partition coefficient (Wildman–Crippen LogP) is 3.28. The van der Waals surface area contributed by atoms with Crippen molar-refractivity contribution >= 4 is 5.91 Å². The Hall–Kier alpha value is -2.22. The van der Waals surface area contributed by atoms with Crippen molar-refractivity contribution in [2.24, 2.45) is 11.8 Å². The number of carbonyl (C=O) groups is 1. The maximum absolute atomic E-state index is 12.2. The van der Waals surface area contributed by atoms with Crippen LogP contribution in [-0.2, 0) is 4.79 Å². The zero-order valence-electron chi connectivity index (χ0n) is 14.7. The van der Waals surface area contributed by atoms with Crippen LogP contribution in [0, 0.1) is 23.2 Å². The van der Waals surface area contributed by atoms with E-state index in [2.05, 4.69) is 25.2 Å². The first-order valence-corrected chi connectivity index (χ1v) is 8.64. The van der Waals surface area contributed by atoms with Gasteiger partial charge in [0, 0.05) is 12.1 Å². The fraction of sp³-hybridized carbons (Fsp3) is 0.579. The molecule has 2 rings (SSSR count). The first kappa shape index (κ1) is 18.1. The third kappa shape index (κ3) is 4.64. The Kier molecular flexibility index (Phi) is 6.48. The summed E-state index contributed by atoms with van der Waals surface area (Å²) in [5.41, 5.74) is 0.500. The van der Waals surface area contributed by atoms with Crippen molar-refractivity contribution in [1.82, 2.24) is 5.32 Å². The van der Waals surface area contributed by atoms with Crippen LogP contribution < -0.4 is 14.8 Å². The van der Waals surface area contributed by atoms with Gasteiger partial charge < -0.3 is 14.8 Å². The monoisotopic (exact) mass is 330 g/mol. The molecule has 0 aromatic heterocycles. The van der Waals surface area contributed by atoms with E-state index >= 15 is 0 Å². The molecule has 1 amide bonds. The zero-order valence-corrected chi connectivity index (χ0v) is 14.7. The van der Waals surface area contributed by atoms with Gasteiger partial charge in [0.25, 0.3) is 5.91 Å². The zero-order chi connectivity index (χ0) is 17.5. The molecule has 0 saturated heterocycles. The minimum atomic E-state index is -0.118. The fourth-order valence-electron chi connectivity index (χ4n) is 3.14. The van der Waals surface area contributed by atoms with Gasteiger partial charge in [-0.1, -0.05) is 26.7 Å². The summed E-state index contributed by atoms with van der Waals surface area (Å²) in [6, 6.07) is 7.23. The minimum absolute atomic E-state index is 0.0520. The first-order valence-electron chi connectivity index (χ1n) is 8.64. The first-order chi connectivity index (χ1) is 11.5. The van der Waals surface area contributed by atoms with Gasteiger partial charge in [0.1, 0.15) is 0 Å². The maximum atomic E-state index is 12.2. The molecule has 130 valence electrons. The summed E-state index contributed by atoms with van der Waals surface area (Å²) >= 11 is 0. The van der Waals surface area contributed by atoms with Gasteiger partial charge in [0.2, 0.25) is 0 Å². The fourth-order valence-corrected chi connectivity index (χ4v) is 3.14. The maximum Gasteiger partial charge on any atom is 0.258 e. The van der Waals surface area contributed by atoms with Gasteiger partial charge >= 0.3 is 0 Å². The van der Waals surface area contributed by atoms with Crippen molar-refractivity contribution in [1.29, 1.82) is 5.26 Å². The summed E-state index contributed by atoms with van der Waals surface area (Å²) in [5.74, 6) is 1.97. The second kappa shape index (κ2) is 8.58. The third-order valence-electron chi connectivity index (χ3n) is 4.78. The highest BCUT2D eigenvalue weighted by Gasteiger charge is 2.28. The second-order valence-electron chi connectivity index (χ2n) is 6.44. The molecule has 5 nitrogen and oxygen atoms in total. The molecule has 0 unspecified atom stereocenters. The van der Waals surface area contributed by atoms with E-state index in [1.807, 2.05) is 6.92 Å². The molecule has 1 aliphatic rings. The Morgan fingerprint density at radius 1 is 1.29 bits per heavy atom. The van der Waals surface area contributed by atoms with E-state index in [-0.39, 0.29) is 18.6 Å². The van der Waals surface area contributed by atoms with Crippen molar-refractivity contribution in [2.45, 2.75) is 46.1 Å². The van der Waals surface area contributed by atoms with Gasteiger partial charge in [0.05, 0.1) is 18.2 Å². The molecule has 0 aliphatic heterocycles. The van der Waals surface area contributed by atoms with Gasteiger partial charge in [-0.3, -0.25) is 4.79 Å². The molecule has 1 aliphatic carbocycles. The molecular formula is C19H26N2O3. The van der Waals surface area contributed by atoms with Crippen LogP contribution in [-0.4, -0.2) is 25.2 Å². The van der Waals surface area contributed by atoms with Crippen molar-refractivity contribution < 1.29 is 14.3 Å². The molecule has 5 heteroatoms. The molecule has 0 heterocycles. The second-order valence-corrected chi connectivity index (χ2v) is 6.44. The summed E-state index contributed by atoms with van der Waals surface area (Å²) in [7, 11) is 0. The molecular weight excluding hydrogens is 304 g/mol. The lowest BCUT2D eigenvalue weighted by Crippen LogP contribution is -2.45. The molecule has 1 aromatic rings. The molecule has 0 spiro atoms. The standard InChI is InChI=1S/C19H26N2O3/c1-4-23-18-10-15(11-20)8-9-17(18)24-12-19(22)21-16-7-5-6-13(2)14(16)3/h8-10,13-14,16H,4-7,12H2,1-3H3,(H,21,22)/t13-,14-,16+/m0/s1. The summed E-state index contributed by atoms with van der Waals surface area (Å²) < 4.78 is 11.1. The van der Waals surface area contributed by atoms with E-state index < -0.39 is 0 Å². The average molecular weight is 330 g/mol. The lowest BCUT2D eigenvalue weighted by Gasteiger charge is -2.34. The molecule has 0 radical (unpaired) electrons. The highest BCUT2D eigenvalue weighted by molar-refractivity contribution is 5.78. The highest BCUT2D eigenvalue weighted by atomic mass is 16.5. The molecule has 3 atom stereocenters. The highest BCUT2D eigenvalue weighted by Crippen LogP contribution is 2.30. The number of hydrogen-bond acceptors (Lipinski definition) is 4. The van der Waals surface area contributed by atoms with E-state index in [0.717, 1.165) is 12.8 Å². The van der Waals surface area contributed by atoms with E-state index in [1.165, 1.54) is 6.42 Å². The molecule has 1 N–H and O–H groups in total. The van der Waals surface area contributed by atoms with Gasteiger partial charge in [-0.2, -0.15) is 5.26 Å². The number of nitrogens with one attached hydrogen (secondary N) is 1. The van der Waals surface area contributed by atoms with Gasteiger partial charge in [-0.15, -0.1) is 0 Å². The van der Waals surface area contributed by atoms with Crippen LogP contribution in [0.15, 0.2) is 18.2 Å². The summed E-state index contributed by atoms with van der Waals surface area (Å²) in [6.07, 6.45) is 3.41. The number of carbonyl (C=O) groups excluding carboxylic acids is 1. The molecule has 24 heavy (non-hydrogen) atoms. The van der Waals surface area contributed by atoms with Crippen LogP contribution in [0.1, 0.15) is 45.6 Å².